The van der Waals surface area contributed by atoms with Crippen LogP contribution in [0.3, 0.4) is 0 Å². The van der Waals surface area contributed by atoms with Gasteiger partial charge in [-0.1, -0.05) is 12.2 Å². The molecule has 3 fully saturated rings. The molecule has 2 saturated carbocycles. The summed E-state index contributed by atoms with van der Waals surface area (Å²) in [6.45, 7) is 0. The molecule has 0 radical (unpaired) electrons. The normalized spacial score (nSPS) is 42.8. The summed E-state index contributed by atoms with van der Waals surface area (Å²) in [6, 6.07) is 3.70. The number of imide groups is 1. The standard InChI is InChI=1S/C16H15N3O2/c20-15-13-9-3-4-10(12-6-11(9)12)14(13)16(21)19(15)18-7-8-2-1-5-17-8/h1-5,7,9-14,17H,6H2/b18-7-/t9-,10-,11-,12+,13-,14+/m1/s1. The fourth-order valence-electron chi connectivity index (χ4n) is 4.60. The second-order valence-electron chi connectivity index (χ2n) is 6.51. The van der Waals surface area contributed by atoms with Gasteiger partial charge in [0.1, 0.15) is 0 Å². The van der Waals surface area contributed by atoms with Crippen molar-refractivity contribution in [2.75, 3.05) is 0 Å². The van der Waals surface area contributed by atoms with Gasteiger partial charge in [0.25, 0.3) is 11.8 Å². The van der Waals surface area contributed by atoms with Crippen molar-refractivity contribution < 1.29 is 9.59 Å². The van der Waals surface area contributed by atoms with E-state index in [1.807, 2.05) is 12.1 Å². The lowest BCUT2D eigenvalue weighted by Crippen LogP contribution is -2.40. The molecule has 1 aliphatic heterocycles. The van der Waals surface area contributed by atoms with E-state index >= 15 is 0 Å². The van der Waals surface area contributed by atoms with Crippen LogP contribution in [0.4, 0.5) is 0 Å². The van der Waals surface area contributed by atoms with E-state index in [4.69, 9.17) is 0 Å². The summed E-state index contributed by atoms with van der Waals surface area (Å²) in [6.07, 6.45) is 8.85. The fraction of sp³-hybridized carbons (Fsp3) is 0.438. The number of nitrogens with one attached hydrogen (secondary N) is 1. The van der Waals surface area contributed by atoms with Crippen molar-refractivity contribution in [1.29, 1.82) is 0 Å². The Hall–Kier alpha value is -2.17. The van der Waals surface area contributed by atoms with E-state index in [0.717, 1.165) is 10.7 Å². The molecule has 1 N–H and O–H groups in total. The molecule has 106 valence electrons. The number of carbonyl (C=O) groups is 2. The topological polar surface area (TPSA) is 65.5 Å². The van der Waals surface area contributed by atoms with E-state index in [1.54, 1.807) is 12.4 Å². The molecule has 6 rings (SSSR count). The predicted octanol–water partition coefficient (Wildman–Crippen LogP) is 1.40. The molecule has 21 heavy (non-hydrogen) atoms. The van der Waals surface area contributed by atoms with Gasteiger partial charge in [0.05, 0.1) is 23.7 Å². The first-order valence-electron chi connectivity index (χ1n) is 7.49. The largest absolute Gasteiger partial charge is 0.360 e. The van der Waals surface area contributed by atoms with Gasteiger partial charge in [0.15, 0.2) is 0 Å². The quantitative estimate of drug-likeness (QED) is 0.506. The first-order valence-corrected chi connectivity index (χ1v) is 7.49. The number of H-pyrrole nitrogens is 1. The zero-order chi connectivity index (χ0) is 14.1. The molecule has 6 atom stereocenters. The molecule has 2 heterocycles. The number of aromatic nitrogens is 1. The minimum atomic E-state index is -0.169. The maximum absolute atomic E-state index is 12.6. The zero-order valence-corrected chi connectivity index (χ0v) is 11.3. The summed E-state index contributed by atoms with van der Waals surface area (Å²) in [4.78, 5) is 28.2. The third-order valence-corrected chi connectivity index (χ3v) is 5.57. The lowest BCUT2D eigenvalue weighted by molar-refractivity contribution is -0.140. The van der Waals surface area contributed by atoms with Crippen molar-refractivity contribution in [3.63, 3.8) is 0 Å². The van der Waals surface area contributed by atoms with Crippen LogP contribution in [0.15, 0.2) is 35.6 Å². The van der Waals surface area contributed by atoms with Crippen molar-refractivity contribution in [2.24, 2.45) is 40.6 Å². The molecule has 5 aliphatic rings. The Bertz CT molecular complexity index is 654. The van der Waals surface area contributed by atoms with E-state index in [0.29, 0.717) is 11.8 Å². The average Bonchev–Trinajstić information content (AvgIpc) is 3.10. The summed E-state index contributed by atoms with van der Waals surface area (Å²) < 4.78 is 0. The molecule has 2 bridgehead atoms. The highest BCUT2D eigenvalue weighted by Crippen LogP contribution is 2.65. The van der Waals surface area contributed by atoms with Gasteiger partial charge in [-0.25, -0.2) is 0 Å². The SMILES string of the molecule is O=C1[C@@H]2[C@@H]3C=C[C@H]([C@@H]4C[C@H]34)[C@@H]2C(=O)N1/N=C\c1ccc[nH]1. The number of hydrogen-bond acceptors (Lipinski definition) is 3. The Morgan fingerprint density at radius 1 is 1.14 bits per heavy atom. The number of aromatic amines is 1. The van der Waals surface area contributed by atoms with Crippen LogP contribution in [0.5, 0.6) is 0 Å². The van der Waals surface area contributed by atoms with Crippen LogP contribution in [0.1, 0.15) is 12.1 Å². The lowest BCUT2D eigenvalue weighted by atomic mass is 9.63. The Labute approximate surface area is 121 Å². The van der Waals surface area contributed by atoms with Crippen LogP contribution in [-0.4, -0.2) is 28.0 Å². The molecule has 4 aliphatic carbocycles. The van der Waals surface area contributed by atoms with Gasteiger partial charge in [-0.3, -0.25) is 9.59 Å². The number of allylic oxidation sites excluding steroid dienone is 2. The van der Waals surface area contributed by atoms with Crippen LogP contribution in [-0.2, 0) is 9.59 Å². The van der Waals surface area contributed by atoms with Crippen LogP contribution in [0.25, 0.3) is 0 Å². The molecule has 1 aromatic heterocycles. The van der Waals surface area contributed by atoms with Gasteiger partial charge < -0.3 is 4.98 Å². The van der Waals surface area contributed by atoms with Crippen molar-refractivity contribution in [3.05, 3.63) is 36.2 Å². The highest BCUT2D eigenvalue weighted by molar-refractivity contribution is 6.06. The van der Waals surface area contributed by atoms with Crippen LogP contribution in [0, 0.1) is 35.5 Å². The summed E-state index contributed by atoms with van der Waals surface area (Å²) in [5.41, 5.74) is 0.786. The maximum atomic E-state index is 12.6. The van der Waals surface area contributed by atoms with Crippen molar-refractivity contribution >= 4 is 18.0 Å². The second kappa shape index (κ2) is 3.72. The van der Waals surface area contributed by atoms with Gasteiger partial charge in [-0.05, 0) is 42.2 Å². The fourth-order valence-corrected chi connectivity index (χ4v) is 4.60. The highest BCUT2D eigenvalue weighted by atomic mass is 16.2. The van der Waals surface area contributed by atoms with Crippen molar-refractivity contribution in [3.8, 4) is 0 Å². The summed E-state index contributed by atoms with van der Waals surface area (Å²) in [5, 5.41) is 5.24. The molecule has 0 unspecified atom stereocenters. The molecule has 0 aromatic carbocycles. The van der Waals surface area contributed by atoms with Gasteiger partial charge >= 0.3 is 0 Å². The third-order valence-electron chi connectivity index (χ3n) is 5.57. The number of nitrogens with zero attached hydrogens (tertiary/aromatic N) is 2. The van der Waals surface area contributed by atoms with Crippen molar-refractivity contribution in [2.45, 2.75) is 6.42 Å². The first kappa shape index (κ1) is 11.5. The molecule has 5 heteroatoms. The third kappa shape index (κ3) is 1.38. The Morgan fingerprint density at radius 3 is 2.38 bits per heavy atom. The number of rotatable bonds is 2. The number of amides is 2. The lowest BCUT2D eigenvalue weighted by Gasteiger charge is -2.37. The molecular weight excluding hydrogens is 266 g/mol. The number of hydrazone groups is 1. The molecule has 5 nitrogen and oxygen atoms in total. The van der Waals surface area contributed by atoms with Gasteiger partial charge in [-0.2, -0.15) is 10.1 Å². The molecule has 1 aromatic rings. The maximum Gasteiger partial charge on any atom is 0.254 e. The number of carbonyl (C=O) groups excluding carboxylic acids is 2. The van der Waals surface area contributed by atoms with E-state index in [1.165, 1.54) is 6.42 Å². The average molecular weight is 281 g/mol. The first-order chi connectivity index (χ1) is 10.3. The smallest absolute Gasteiger partial charge is 0.254 e. The zero-order valence-electron chi connectivity index (χ0n) is 11.3. The molecular formula is C16H15N3O2. The van der Waals surface area contributed by atoms with Crippen LogP contribution in [0.2, 0.25) is 0 Å². The Balaban J connectivity index is 1.48. The molecule has 1 saturated heterocycles. The number of hydrogen-bond donors (Lipinski definition) is 1. The Kier molecular flexibility index (Phi) is 2.04. The predicted molar refractivity (Wildman–Crippen MR) is 74.9 cm³/mol. The minimum Gasteiger partial charge on any atom is -0.360 e. The van der Waals surface area contributed by atoms with E-state index in [2.05, 4.69) is 22.2 Å². The monoisotopic (exact) mass is 281 g/mol. The van der Waals surface area contributed by atoms with Crippen LogP contribution >= 0.6 is 0 Å². The Morgan fingerprint density at radius 2 is 1.81 bits per heavy atom. The van der Waals surface area contributed by atoms with E-state index in [9.17, 15) is 9.59 Å². The molecule has 0 spiro atoms. The summed E-state index contributed by atoms with van der Waals surface area (Å²) >= 11 is 0. The highest BCUT2D eigenvalue weighted by Gasteiger charge is 2.67. The van der Waals surface area contributed by atoms with Crippen molar-refractivity contribution in [1.82, 2.24) is 9.99 Å². The minimum absolute atomic E-state index is 0.113. The van der Waals surface area contributed by atoms with E-state index < -0.39 is 0 Å². The van der Waals surface area contributed by atoms with E-state index in [-0.39, 0.29) is 35.5 Å². The van der Waals surface area contributed by atoms with Gasteiger partial charge in [-0.15, -0.1) is 0 Å². The summed E-state index contributed by atoms with van der Waals surface area (Å²) in [5.74, 6) is 1.21. The van der Waals surface area contributed by atoms with Crippen LogP contribution < -0.4 is 0 Å². The summed E-state index contributed by atoms with van der Waals surface area (Å²) in [7, 11) is 0. The van der Waals surface area contributed by atoms with Gasteiger partial charge in [0, 0.05) is 6.20 Å². The second-order valence-corrected chi connectivity index (χ2v) is 6.51. The van der Waals surface area contributed by atoms with Gasteiger partial charge in [0.2, 0.25) is 0 Å². The molecule has 2 amide bonds.